The molecular formula is C17H20FNO2. The molecular weight excluding hydrogens is 269 g/mol. The number of benzene rings is 2. The molecule has 0 aliphatic rings. The first-order valence-corrected chi connectivity index (χ1v) is 6.84. The van der Waals surface area contributed by atoms with E-state index in [2.05, 4.69) is 12.2 Å². The van der Waals surface area contributed by atoms with Crippen LogP contribution < -0.4 is 14.8 Å². The summed E-state index contributed by atoms with van der Waals surface area (Å²) in [6.45, 7) is 2.08. The predicted octanol–water partition coefficient (Wildman–Crippen LogP) is 3.89. The van der Waals surface area contributed by atoms with Crippen molar-refractivity contribution >= 4 is 5.69 Å². The van der Waals surface area contributed by atoms with Gasteiger partial charge in [0, 0.05) is 29.9 Å². The molecule has 2 rings (SSSR count). The van der Waals surface area contributed by atoms with Crippen LogP contribution in [-0.4, -0.2) is 20.3 Å². The number of hydrogen-bond donors (Lipinski definition) is 1. The van der Waals surface area contributed by atoms with Crippen LogP contribution in [0, 0.1) is 5.82 Å². The van der Waals surface area contributed by atoms with E-state index in [0.29, 0.717) is 0 Å². The molecule has 1 atom stereocenters. The highest BCUT2D eigenvalue weighted by Gasteiger charge is 2.07. The van der Waals surface area contributed by atoms with E-state index in [9.17, 15) is 4.39 Å². The van der Waals surface area contributed by atoms with Gasteiger partial charge in [0.05, 0.1) is 14.2 Å². The van der Waals surface area contributed by atoms with Gasteiger partial charge in [0.2, 0.25) is 0 Å². The molecule has 1 unspecified atom stereocenters. The van der Waals surface area contributed by atoms with Crippen LogP contribution >= 0.6 is 0 Å². The Hall–Kier alpha value is -2.23. The summed E-state index contributed by atoms with van der Waals surface area (Å²) in [5, 5.41) is 3.40. The molecule has 0 aliphatic carbocycles. The Kier molecular flexibility index (Phi) is 5.04. The van der Waals surface area contributed by atoms with Crippen LogP contribution in [0.1, 0.15) is 12.5 Å². The zero-order valence-corrected chi connectivity index (χ0v) is 12.5. The van der Waals surface area contributed by atoms with E-state index in [0.717, 1.165) is 29.2 Å². The van der Waals surface area contributed by atoms with E-state index in [1.807, 2.05) is 18.2 Å². The van der Waals surface area contributed by atoms with Crippen LogP contribution in [0.5, 0.6) is 11.5 Å². The Balaban J connectivity index is 2.04. The molecule has 0 amide bonds. The second-order valence-corrected chi connectivity index (χ2v) is 4.98. The summed E-state index contributed by atoms with van der Waals surface area (Å²) < 4.78 is 23.4. The number of nitrogens with one attached hydrogen (secondary N) is 1. The maximum absolute atomic E-state index is 12.9. The summed E-state index contributed by atoms with van der Waals surface area (Å²) in [5.41, 5.74) is 2.02. The second-order valence-electron chi connectivity index (χ2n) is 4.98. The lowest BCUT2D eigenvalue weighted by atomic mass is 10.1. The van der Waals surface area contributed by atoms with Gasteiger partial charge in [-0.05, 0) is 31.0 Å². The Labute approximate surface area is 124 Å². The lowest BCUT2D eigenvalue weighted by Gasteiger charge is -2.17. The summed E-state index contributed by atoms with van der Waals surface area (Å²) in [7, 11) is 3.25. The van der Waals surface area contributed by atoms with Crippen molar-refractivity contribution in [1.82, 2.24) is 0 Å². The lowest BCUT2D eigenvalue weighted by molar-refractivity contribution is 0.394. The van der Waals surface area contributed by atoms with E-state index in [4.69, 9.17) is 9.47 Å². The minimum Gasteiger partial charge on any atom is -0.497 e. The summed E-state index contributed by atoms with van der Waals surface area (Å²) in [6.07, 6.45) is 0.805. The molecule has 0 radical (unpaired) electrons. The first-order valence-electron chi connectivity index (χ1n) is 6.84. The van der Waals surface area contributed by atoms with Crippen molar-refractivity contribution in [1.29, 1.82) is 0 Å². The van der Waals surface area contributed by atoms with Gasteiger partial charge in [-0.1, -0.05) is 12.1 Å². The van der Waals surface area contributed by atoms with Crippen LogP contribution in [0.25, 0.3) is 0 Å². The zero-order chi connectivity index (χ0) is 15.2. The van der Waals surface area contributed by atoms with E-state index >= 15 is 0 Å². The molecule has 0 heterocycles. The quantitative estimate of drug-likeness (QED) is 0.875. The highest BCUT2D eigenvalue weighted by molar-refractivity contribution is 5.54. The lowest BCUT2D eigenvalue weighted by Crippen LogP contribution is -2.18. The first-order chi connectivity index (χ1) is 10.1. The SMILES string of the molecule is COc1cc(NC(C)Cc2ccc(F)cc2)cc(OC)c1. The van der Waals surface area contributed by atoms with Gasteiger partial charge in [0.15, 0.2) is 0 Å². The molecule has 0 aliphatic heterocycles. The van der Waals surface area contributed by atoms with Crippen LogP contribution in [0.15, 0.2) is 42.5 Å². The molecule has 0 saturated carbocycles. The fourth-order valence-corrected chi connectivity index (χ4v) is 2.20. The molecule has 1 N–H and O–H groups in total. The fourth-order valence-electron chi connectivity index (χ4n) is 2.20. The highest BCUT2D eigenvalue weighted by atomic mass is 19.1. The molecule has 0 saturated heterocycles. The number of methoxy groups -OCH3 is 2. The molecule has 0 spiro atoms. The second kappa shape index (κ2) is 6.97. The van der Waals surface area contributed by atoms with E-state index < -0.39 is 0 Å². The van der Waals surface area contributed by atoms with Gasteiger partial charge in [-0.3, -0.25) is 0 Å². The van der Waals surface area contributed by atoms with E-state index in [1.54, 1.807) is 26.4 Å². The minimum atomic E-state index is -0.211. The minimum absolute atomic E-state index is 0.201. The number of hydrogen-bond acceptors (Lipinski definition) is 3. The van der Waals surface area contributed by atoms with Gasteiger partial charge in [-0.15, -0.1) is 0 Å². The van der Waals surface area contributed by atoms with Crippen molar-refractivity contribution in [3.8, 4) is 11.5 Å². The van der Waals surface area contributed by atoms with Crippen LogP contribution in [0.3, 0.4) is 0 Å². The standard InChI is InChI=1S/C17H20FNO2/c1-12(8-13-4-6-14(18)7-5-13)19-15-9-16(20-2)11-17(10-15)21-3/h4-7,9-12,19H,8H2,1-3H3. The average molecular weight is 289 g/mol. The predicted molar refractivity (Wildman–Crippen MR) is 82.7 cm³/mol. The highest BCUT2D eigenvalue weighted by Crippen LogP contribution is 2.26. The van der Waals surface area contributed by atoms with Crippen molar-refractivity contribution in [3.63, 3.8) is 0 Å². The molecule has 0 bridgehead atoms. The number of anilines is 1. The maximum atomic E-state index is 12.9. The smallest absolute Gasteiger partial charge is 0.124 e. The topological polar surface area (TPSA) is 30.5 Å². The normalized spacial score (nSPS) is 11.8. The van der Waals surface area contributed by atoms with Gasteiger partial charge < -0.3 is 14.8 Å². The average Bonchev–Trinajstić information content (AvgIpc) is 2.49. The van der Waals surface area contributed by atoms with Crippen molar-refractivity contribution in [2.75, 3.05) is 19.5 Å². The molecule has 2 aromatic carbocycles. The zero-order valence-electron chi connectivity index (χ0n) is 12.5. The van der Waals surface area contributed by atoms with Crippen molar-refractivity contribution < 1.29 is 13.9 Å². The summed E-state index contributed by atoms with van der Waals surface area (Å²) in [5.74, 6) is 1.27. The van der Waals surface area contributed by atoms with Gasteiger partial charge >= 0.3 is 0 Å². The largest absolute Gasteiger partial charge is 0.497 e. The van der Waals surface area contributed by atoms with Crippen molar-refractivity contribution in [2.45, 2.75) is 19.4 Å². The van der Waals surface area contributed by atoms with Gasteiger partial charge in [-0.2, -0.15) is 0 Å². The fraction of sp³-hybridized carbons (Fsp3) is 0.294. The number of rotatable bonds is 6. The monoisotopic (exact) mass is 289 g/mol. The van der Waals surface area contributed by atoms with Gasteiger partial charge in [0.25, 0.3) is 0 Å². The van der Waals surface area contributed by atoms with Crippen LogP contribution in [0.4, 0.5) is 10.1 Å². The third kappa shape index (κ3) is 4.38. The molecule has 2 aromatic rings. The molecule has 0 fully saturated rings. The third-order valence-corrected chi connectivity index (χ3v) is 3.22. The van der Waals surface area contributed by atoms with E-state index in [1.165, 1.54) is 12.1 Å². The summed E-state index contributed by atoms with van der Waals surface area (Å²) in [6, 6.07) is 12.4. The molecule has 112 valence electrons. The van der Waals surface area contributed by atoms with E-state index in [-0.39, 0.29) is 11.9 Å². The van der Waals surface area contributed by atoms with Crippen LogP contribution in [0.2, 0.25) is 0 Å². The molecule has 4 heteroatoms. The summed E-state index contributed by atoms with van der Waals surface area (Å²) >= 11 is 0. The molecule has 21 heavy (non-hydrogen) atoms. The van der Waals surface area contributed by atoms with Crippen molar-refractivity contribution in [2.24, 2.45) is 0 Å². The maximum Gasteiger partial charge on any atom is 0.124 e. The summed E-state index contributed by atoms with van der Waals surface area (Å²) in [4.78, 5) is 0. The number of halogens is 1. The molecule has 3 nitrogen and oxygen atoms in total. The first kappa shape index (κ1) is 15.2. The van der Waals surface area contributed by atoms with Gasteiger partial charge in [0.1, 0.15) is 17.3 Å². The Morgan fingerprint density at radius 2 is 1.57 bits per heavy atom. The van der Waals surface area contributed by atoms with Crippen molar-refractivity contribution in [3.05, 3.63) is 53.8 Å². The third-order valence-electron chi connectivity index (χ3n) is 3.22. The van der Waals surface area contributed by atoms with Gasteiger partial charge in [-0.25, -0.2) is 4.39 Å². The Bertz CT molecular complexity index is 562. The Morgan fingerprint density at radius 1 is 1.00 bits per heavy atom. The number of ether oxygens (including phenoxy) is 2. The van der Waals surface area contributed by atoms with Crippen LogP contribution in [-0.2, 0) is 6.42 Å². The molecule has 0 aromatic heterocycles. The Morgan fingerprint density at radius 3 is 2.10 bits per heavy atom.